The molecule has 1 aromatic carbocycles. The highest BCUT2D eigenvalue weighted by atomic mass is 79.9. The lowest BCUT2D eigenvalue weighted by Gasteiger charge is -2.30. The van der Waals surface area contributed by atoms with Gasteiger partial charge >= 0.3 is 5.97 Å². The van der Waals surface area contributed by atoms with E-state index in [1.807, 2.05) is 24.3 Å². The van der Waals surface area contributed by atoms with Crippen molar-refractivity contribution in [3.8, 4) is 0 Å². The minimum absolute atomic E-state index is 0.403. The van der Waals surface area contributed by atoms with Crippen molar-refractivity contribution in [2.45, 2.75) is 12.6 Å². The Morgan fingerprint density at radius 3 is 3.14 bits per heavy atom. The van der Waals surface area contributed by atoms with Crippen LogP contribution >= 0.6 is 15.9 Å². The summed E-state index contributed by atoms with van der Waals surface area (Å²) in [5, 5.41) is 10.1. The van der Waals surface area contributed by atoms with Gasteiger partial charge in [-0.1, -0.05) is 28.1 Å². The third kappa shape index (κ3) is 3.07. The van der Waals surface area contributed by atoms with E-state index in [2.05, 4.69) is 25.8 Å². The molecule has 110 valence electrons. The number of carboxylic acids is 1. The lowest BCUT2D eigenvalue weighted by Crippen LogP contribution is -2.45. The molecule has 21 heavy (non-hydrogen) atoms. The molecule has 1 aliphatic heterocycles. The summed E-state index contributed by atoms with van der Waals surface area (Å²) in [7, 11) is 0. The first-order valence-electron chi connectivity index (χ1n) is 6.74. The van der Waals surface area contributed by atoms with Gasteiger partial charge in [0, 0.05) is 35.7 Å². The van der Waals surface area contributed by atoms with Crippen LogP contribution in [0.4, 0.5) is 0 Å². The van der Waals surface area contributed by atoms with Gasteiger partial charge in [-0.15, -0.1) is 0 Å². The number of carbonyl (C=O) groups is 1. The lowest BCUT2D eigenvalue weighted by molar-refractivity contribution is -0.156. The largest absolute Gasteiger partial charge is 0.479 e. The fourth-order valence-electron chi connectivity index (χ4n) is 2.56. The number of aromatic nitrogens is 1. The van der Waals surface area contributed by atoms with E-state index >= 15 is 0 Å². The van der Waals surface area contributed by atoms with E-state index in [4.69, 9.17) is 9.84 Å². The molecular weight excluding hydrogens is 336 g/mol. The van der Waals surface area contributed by atoms with Gasteiger partial charge in [-0.3, -0.25) is 9.88 Å². The number of morpholine rings is 1. The van der Waals surface area contributed by atoms with Crippen molar-refractivity contribution < 1.29 is 14.6 Å². The molecular formula is C15H15BrN2O3. The average molecular weight is 351 g/mol. The Bertz CT molecular complexity index is 677. The van der Waals surface area contributed by atoms with Gasteiger partial charge in [0.05, 0.1) is 12.1 Å². The molecule has 1 saturated heterocycles. The monoisotopic (exact) mass is 350 g/mol. The molecule has 1 atom stereocenters. The number of nitrogens with zero attached hydrogens (tertiary/aromatic N) is 2. The zero-order valence-electron chi connectivity index (χ0n) is 11.3. The van der Waals surface area contributed by atoms with Crippen molar-refractivity contribution in [3.63, 3.8) is 0 Å². The number of rotatable bonds is 3. The number of benzene rings is 1. The third-order valence-corrected chi connectivity index (χ3v) is 4.31. The summed E-state index contributed by atoms with van der Waals surface area (Å²) >= 11 is 3.53. The Balaban J connectivity index is 1.85. The Labute approximate surface area is 130 Å². The molecule has 0 amide bonds. The number of pyridine rings is 1. The number of halogens is 1. The normalized spacial score (nSPS) is 19.8. The van der Waals surface area contributed by atoms with E-state index in [9.17, 15) is 4.79 Å². The first-order valence-corrected chi connectivity index (χ1v) is 7.53. The molecule has 1 unspecified atom stereocenters. The summed E-state index contributed by atoms with van der Waals surface area (Å²) in [5.41, 5.74) is 2.05. The first kappa shape index (κ1) is 14.4. The molecule has 0 bridgehead atoms. The van der Waals surface area contributed by atoms with Gasteiger partial charge in [0.25, 0.3) is 0 Å². The van der Waals surface area contributed by atoms with Crippen molar-refractivity contribution in [1.82, 2.24) is 9.88 Å². The molecule has 0 saturated carbocycles. The number of fused-ring (bicyclic) bond motifs is 1. The molecule has 3 rings (SSSR count). The van der Waals surface area contributed by atoms with Crippen molar-refractivity contribution in [2.24, 2.45) is 0 Å². The number of hydrogen-bond donors (Lipinski definition) is 1. The maximum atomic E-state index is 11.0. The van der Waals surface area contributed by atoms with Gasteiger partial charge < -0.3 is 9.84 Å². The molecule has 2 aromatic rings. The highest BCUT2D eigenvalue weighted by Gasteiger charge is 2.26. The van der Waals surface area contributed by atoms with Crippen molar-refractivity contribution in [1.29, 1.82) is 0 Å². The van der Waals surface area contributed by atoms with Crippen molar-refractivity contribution >= 4 is 32.8 Å². The molecule has 0 spiro atoms. The second kappa shape index (κ2) is 6.09. The third-order valence-electron chi connectivity index (χ3n) is 3.62. The summed E-state index contributed by atoms with van der Waals surface area (Å²) in [6.07, 6.45) is 1.03. The smallest absolute Gasteiger partial charge is 0.334 e. The standard InChI is InChI=1S/C15H15BrN2O3/c16-12-4-3-10(14-11(12)2-1-5-17-14)8-18-6-7-21-13(9-18)15(19)20/h1-5,13H,6-9H2,(H,19,20). The summed E-state index contributed by atoms with van der Waals surface area (Å²) in [6, 6.07) is 7.97. The Kier molecular flexibility index (Phi) is 4.19. The van der Waals surface area contributed by atoms with Crippen LogP contribution in [-0.2, 0) is 16.1 Å². The maximum absolute atomic E-state index is 11.0. The van der Waals surface area contributed by atoms with E-state index in [1.165, 1.54) is 0 Å². The molecule has 1 fully saturated rings. The topological polar surface area (TPSA) is 62.7 Å². The van der Waals surface area contributed by atoms with Gasteiger partial charge in [-0.2, -0.15) is 0 Å². The molecule has 1 N–H and O–H groups in total. The molecule has 1 aromatic heterocycles. The number of ether oxygens (including phenoxy) is 1. The fraction of sp³-hybridized carbons (Fsp3) is 0.333. The van der Waals surface area contributed by atoms with Gasteiger partial charge in [0.1, 0.15) is 0 Å². The van der Waals surface area contributed by atoms with E-state index < -0.39 is 12.1 Å². The highest BCUT2D eigenvalue weighted by Crippen LogP contribution is 2.26. The van der Waals surface area contributed by atoms with Crippen LogP contribution in [0.3, 0.4) is 0 Å². The van der Waals surface area contributed by atoms with Crippen LogP contribution in [0.5, 0.6) is 0 Å². The van der Waals surface area contributed by atoms with Gasteiger partial charge in [-0.25, -0.2) is 4.79 Å². The summed E-state index contributed by atoms with van der Waals surface area (Å²) < 4.78 is 6.26. The Hall–Kier alpha value is -1.50. The zero-order chi connectivity index (χ0) is 14.8. The van der Waals surface area contributed by atoms with E-state index in [0.717, 1.165) is 27.5 Å². The van der Waals surface area contributed by atoms with Crippen LogP contribution < -0.4 is 0 Å². The molecule has 0 radical (unpaired) electrons. The van der Waals surface area contributed by atoms with Crippen LogP contribution in [-0.4, -0.2) is 46.8 Å². The fourth-order valence-corrected chi connectivity index (χ4v) is 3.01. The molecule has 1 aliphatic rings. The first-order chi connectivity index (χ1) is 10.1. The predicted octanol–water partition coefficient (Wildman–Crippen LogP) is 2.28. The quantitative estimate of drug-likeness (QED) is 0.919. The second-order valence-electron chi connectivity index (χ2n) is 5.04. The maximum Gasteiger partial charge on any atom is 0.334 e. The van der Waals surface area contributed by atoms with Gasteiger partial charge in [-0.05, 0) is 17.7 Å². The van der Waals surface area contributed by atoms with Crippen LogP contribution in [0.2, 0.25) is 0 Å². The van der Waals surface area contributed by atoms with Crippen molar-refractivity contribution in [3.05, 3.63) is 40.5 Å². The lowest BCUT2D eigenvalue weighted by atomic mass is 10.1. The van der Waals surface area contributed by atoms with Gasteiger partial charge in [0.2, 0.25) is 0 Å². The number of carboxylic acid groups (broad SMARTS) is 1. The predicted molar refractivity (Wildman–Crippen MR) is 82.1 cm³/mol. The van der Waals surface area contributed by atoms with Crippen LogP contribution in [0.25, 0.3) is 10.9 Å². The van der Waals surface area contributed by atoms with E-state index in [1.54, 1.807) is 6.20 Å². The molecule has 6 heteroatoms. The van der Waals surface area contributed by atoms with Crippen LogP contribution in [0.1, 0.15) is 5.56 Å². The second-order valence-corrected chi connectivity index (χ2v) is 5.89. The van der Waals surface area contributed by atoms with Crippen LogP contribution in [0, 0.1) is 0 Å². The van der Waals surface area contributed by atoms with Gasteiger partial charge in [0.15, 0.2) is 6.10 Å². The summed E-state index contributed by atoms with van der Waals surface area (Å²) in [5.74, 6) is -0.904. The number of hydrogen-bond acceptors (Lipinski definition) is 4. The molecule has 0 aliphatic carbocycles. The number of aliphatic carboxylic acids is 1. The highest BCUT2D eigenvalue weighted by molar-refractivity contribution is 9.10. The average Bonchev–Trinajstić information content (AvgIpc) is 2.51. The van der Waals surface area contributed by atoms with E-state index in [-0.39, 0.29) is 0 Å². The minimum Gasteiger partial charge on any atom is -0.479 e. The zero-order valence-corrected chi connectivity index (χ0v) is 12.9. The summed E-state index contributed by atoms with van der Waals surface area (Å²) in [4.78, 5) is 17.6. The SMILES string of the molecule is O=C(O)C1CN(Cc2ccc(Br)c3cccnc23)CCO1. The molecule has 2 heterocycles. The van der Waals surface area contributed by atoms with E-state index in [0.29, 0.717) is 19.7 Å². The molecule has 5 nitrogen and oxygen atoms in total. The Morgan fingerprint density at radius 1 is 1.48 bits per heavy atom. The van der Waals surface area contributed by atoms with Crippen molar-refractivity contribution in [2.75, 3.05) is 19.7 Å². The summed E-state index contributed by atoms with van der Waals surface area (Å²) in [6.45, 7) is 2.25. The Morgan fingerprint density at radius 2 is 2.33 bits per heavy atom. The minimum atomic E-state index is -0.904. The van der Waals surface area contributed by atoms with Crippen LogP contribution in [0.15, 0.2) is 34.9 Å².